The van der Waals surface area contributed by atoms with E-state index in [1.807, 2.05) is 49.5 Å². The van der Waals surface area contributed by atoms with Gasteiger partial charge in [-0.3, -0.25) is 9.56 Å². The van der Waals surface area contributed by atoms with E-state index in [2.05, 4.69) is 41.9 Å². The van der Waals surface area contributed by atoms with Crippen molar-refractivity contribution in [2.24, 2.45) is 5.10 Å². The number of hydrazone groups is 1. The maximum absolute atomic E-state index is 11.0. The minimum atomic E-state index is -3.94. The van der Waals surface area contributed by atoms with E-state index >= 15 is 0 Å². The van der Waals surface area contributed by atoms with E-state index in [1.165, 1.54) is 5.56 Å². The summed E-state index contributed by atoms with van der Waals surface area (Å²) < 4.78 is 31.0. The molecular formula is C22H27N3O3S. The normalized spacial score (nSPS) is 15.0. The third kappa shape index (κ3) is 4.88. The lowest BCUT2D eigenvalue weighted by Crippen LogP contribution is -2.28. The maximum atomic E-state index is 11.0. The van der Waals surface area contributed by atoms with Crippen LogP contribution in [0.15, 0.2) is 65.4 Å². The van der Waals surface area contributed by atoms with Crippen LogP contribution in [0.25, 0.3) is 0 Å². The number of nitrogens with zero attached hydrogens (tertiary/aromatic N) is 3. The van der Waals surface area contributed by atoms with Crippen LogP contribution < -0.4 is 9.91 Å². The van der Waals surface area contributed by atoms with Crippen LogP contribution in [0.5, 0.6) is 0 Å². The van der Waals surface area contributed by atoms with Gasteiger partial charge in [0.25, 0.3) is 10.1 Å². The molecular weight excluding hydrogens is 386 g/mol. The van der Waals surface area contributed by atoms with Gasteiger partial charge in [-0.25, -0.2) is 0 Å². The summed E-state index contributed by atoms with van der Waals surface area (Å²) in [5.74, 6) is 3.02. The molecule has 2 aromatic carbocycles. The van der Waals surface area contributed by atoms with Crippen LogP contribution in [0, 0.1) is 0 Å². The van der Waals surface area contributed by atoms with E-state index < -0.39 is 10.1 Å². The molecule has 6 nitrogen and oxygen atoms in total. The quantitative estimate of drug-likeness (QED) is 0.321. The van der Waals surface area contributed by atoms with Crippen LogP contribution in [-0.4, -0.2) is 38.2 Å². The first-order valence-corrected chi connectivity index (χ1v) is 11.3. The third-order valence-electron chi connectivity index (χ3n) is 5.20. The Kier molecular flexibility index (Phi) is 6.13. The summed E-state index contributed by atoms with van der Waals surface area (Å²) in [6.45, 7) is 4.91. The van der Waals surface area contributed by atoms with Crippen molar-refractivity contribution in [1.29, 1.82) is 0 Å². The number of fused-ring (bicyclic) bond motifs is 1. The Bertz CT molecular complexity index is 1030. The predicted molar refractivity (Wildman–Crippen MR) is 118 cm³/mol. The van der Waals surface area contributed by atoms with Gasteiger partial charge in [0.2, 0.25) is 0 Å². The number of allylic oxidation sites excluding steroid dienone is 1. The summed E-state index contributed by atoms with van der Waals surface area (Å²) in [7, 11) is -2.05. The number of hydrogen-bond acceptors (Lipinski definition) is 5. The second kappa shape index (κ2) is 8.41. The zero-order valence-electron chi connectivity index (χ0n) is 17.0. The van der Waals surface area contributed by atoms with Crippen molar-refractivity contribution in [1.82, 2.24) is 0 Å². The average Bonchev–Trinajstić information content (AvgIpc) is 2.90. The Labute approximate surface area is 172 Å². The Balaban J connectivity index is 1.90. The van der Waals surface area contributed by atoms with Crippen molar-refractivity contribution >= 4 is 27.4 Å². The molecule has 0 aliphatic carbocycles. The van der Waals surface area contributed by atoms with Crippen molar-refractivity contribution in [3.05, 3.63) is 65.9 Å². The standard InChI is InChI=1S/C22H27N3O3S/c1-22(2)19-13-7-8-14-20(19)25(15-9-10-16-29(26,27)28)21(22)17-23-24(3)18-11-5-4-6-12-18/h4-8,11-14H,9-10,15-16H2,1-3H3,(H,26,27,28). The average molecular weight is 414 g/mol. The van der Waals surface area contributed by atoms with E-state index in [4.69, 9.17) is 4.55 Å². The molecule has 0 spiro atoms. The largest absolute Gasteiger partial charge is 0.336 e. The summed E-state index contributed by atoms with van der Waals surface area (Å²) in [4.78, 5) is 2.15. The molecule has 0 atom stereocenters. The highest BCUT2D eigenvalue weighted by atomic mass is 32.2. The number of benzene rings is 2. The Morgan fingerprint density at radius 1 is 1.07 bits per heavy atom. The van der Waals surface area contributed by atoms with Gasteiger partial charge in [0.05, 0.1) is 17.1 Å². The van der Waals surface area contributed by atoms with Crippen LogP contribution in [0.1, 0.15) is 32.3 Å². The van der Waals surface area contributed by atoms with Gasteiger partial charge in [-0.1, -0.05) is 36.4 Å². The van der Waals surface area contributed by atoms with Gasteiger partial charge in [-0.15, -0.1) is 5.10 Å². The maximum Gasteiger partial charge on any atom is 0.264 e. The first-order valence-electron chi connectivity index (χ1n) is 9.65. The van der Waals surface area contributed by atoms with Crippen LogP contribution in [0.2, 0.25) is 0 Å². The van der Waals surface area contributed by atoms with E-state index in [0.717, 1.165) is 17.1 Å². The number of para-hydroxylation sites is 2. The molecule has 29 heavy (non-hydrogen) atoms. The summed E-state index contributed by atoms with van der Waals surface area (Å²) in [5.41, 5.74) is 3.90. The molecule has 0 amide bonds. The number of anilines is 2. The smallest absolute Gasteiger partial charge is 0.264 e. The summed E-state index contributed by atoms with van der Waals surface area (Å²) in [6.07, 6.45) is 1.02. The number of rotatable bonds is 7. The lowest BCUT2D eigenvalue weighted by molar-refractivity contribution is 0.480. The number of unbranched alkanes of at least 4 members (excludes halogenated alkanes) is 1. The lowest BCUT2D eigenvalue weighted by atomic mass is 9.84. The molecule has 0 saturated heterocycles. The molecule has 7 heteroatoms. The van der Waals surface area contributed by atoms with Gasteiger partial charge in [0.1, 0.15) is 0 Å². The first kappa shape index (κ1) is 21.1. The minimum absolute atomic E-state index is 0.226. The molecule has 0 saturated carbocycles. The fraction of sp³-hybridized carbons (Fsp3) is 0.364. The van der Waals surface area contributed by atoms with Gasteiger partial charge in [-0.2, -0.15) is 8.42 Å². The second-order valence-electron chi connectivity index (χ2n) is 7.71. The Morgan fingerprint density at radius 2 is 1.72 bits per heavy atom. The van der Waals surface area contributed by atoms with Crippen LogP contribution in [-0.2, 0) is 15.5 Å². The fourth-order valence-corrected chi connectivity index (χ4v) is 4.20. The third-order valence-corrected chi connectivity index (χ3v) is 6.00. The Hall–Kier alpha value is -2.60. The topological polar surface area (TPSA) is 73.2 Å². The molecule has 1 heterocycles. The highest BCUT2D eigenvalue weighted by molar-refractivity contribution is 7.85. The molecule has 0 aromatic heterocycles. The highest BCUT2D eigenvalue weighted by Gasteiger charge is 2.40. The SMILES string of the molecule is CN(N=C=C1N(CCCCS(=O)(=O)O)c2ccccc2C1(C)C)c1ccccc1. The monoisotopic (exact) mass is 413 g/mol. The first-order chi connectivity index (χ1) is 13.7. The van der Waals surface area contributed by atoms with Gasteiger partial charge < -0.3 is 4.90 Å². The summed E-state index contributed by atoms with van der Waals surface area (Å²) in [6, 6.07) is 18.0. The van der Waals surface area contributed by atoms with E-state index in [-0.39, 0.29) is 11.2 Å². The van der Waals surface area contributed by atoms with Gasteiger partial charge >= 0.3 is 0 Å². The molecule has 0 bridgehead atoms. The van der Waals surface area contributed by atoms with Crippen molar-refractivity contribution in [2.45, 2.75) is 32.1 Å². The van der Waals surface area contributed by atoms with Crippen LogP contribution in [0.3, 0.4) is 0 Å². The molecule has 0 unspecified atom stereocenters. The van der Waals surface area contributed by atoms with E-state index in [1.54, 1.807) is 5.01 Å². The Morgan fingerprint density at radius 3 is 2.41 bits per heavy atom. The molecule has 2 aromatic rings. The fourth-order valence-electron chi connectivity index (χ4n) is 3.63. The minimum Gasteiger partial charge on any atom is -0.336 e. The van der Waals surface area contributed by atoms with Crippen molar-refractivity contribution < 1.29 is 13.0 Å². The van der Waals surface area contributed by atoms with Gasteiger partial charge in [0.15, 0.2) is 0 Å². The molecule has 154 valence electrons. The van der Waals surface area contributed by atoms with Gasteiger partial charge in [-0.05, 0) is 50.5 Å². The van der Waals surface area contributed by atoms with Gasteiger partial charge in [0, 0.05) is 30.6 Å². The zero-order chi connectivity index (χ0) is 21.1. The van der Waals surface area contributed by atoms with Crippen molar-refractivity contribution in [3.8, 4) is 0 Å². The van der Waals surface area contributed by atoms with E-state index in [0.29, 0.717) is 19.4 Å². The molecule has 0 radical (unpaired) electrons. The summed E-state index contributed by atoms with van der Waals surface area (Å²) >= 11 is 0. The molecule has 1 N–H and O–H groups in total. The van der Waals surface area contributed by atoms with E-state index in [9.17, 15) is 8.42 Å². The second-order valence-corrected chi connectivity index (χ2v) is 9.28. The lowest BCUT2D eigenvalue weighted by Gasteiger charge is -2.24. The van der Waals surface area contributed by atoms with Crippen LogP contribution in [0.4, 0.5) is 11.4 Å². The molecule has 1 aliphatic rings. The molecule has 0 fully saturated rings. The highest BCUT2D eigenvalue weighted by Crippen LogP contribution is 2.46. The molecule has 3 rings (SSSR count). The molecule has 1 aliphatic heterocycles. The summed E-state index contributed by atoms with van der Waals surface area (Å²) in [5, 5.41) is 6.32. The zero-order valence-corrected chi connectivity index (χ0v) is 17.9. The number of hydrogen-bond donors (Lipinski definition) is 1. The predicted octanol–water partition coefficient (Wildman–Crippen LogP) is 4.06. The van der Waals surface area contributed by atoms with Crippen molar-refractivity contribution in [3.63, 3.8) is 0 Å². The van der Waals surface area contributed by atoms with Crippen molar-refractivity contribution in [2.75, 3.05) is 29.3 Å². The van der Waals surface area contributed by atoms with Crippen LogP contribution >= 0.6 is 0 Å².